The number of halogens is 3. The van der Waals surface area contributed by atoms with Crippen LogP contribution in [-0.2, 0) is 10.0 Å². The lowest BCUT2D eigenvalue weighted by Crippen LogP contribution is -2.21. The standard InChI is InChI=1S/C8H8F3NO3S/c9-8(10,11)7(13)5-2-1-3-6(4-5)16(12,14)15/h1-4,7,13H,(H2,12,14,15). The smallest absolute Gasteiger partial charge is 0.379 e. The molecule has 0 radical (unpaired) electrons. The molecule has 1 unspecified atom stereocenters. The van der Waals surface area contributed by atoms with Gasteiger partial charge in [0.25, 0.3) is 0 Å². The zero-order chi connectivity index (χ0) is 12.6. The Kier molecular flexibility index (Phi) is 3.27. The van der Waals surface area contributed by atoms with Crippen molar-refractivity contribution >= 4 is 10.0 Å². The van der Waals surface area contributed by atoms with Crippen LogP contribution >= 0.6 is 0 Å². The summed E-state index contributed by atoms with van der Waals surface area (Å²) in [5.41, 5.74) is -0.570. The Morgan fingerprint density at radius 2 is 1.88 bits per heavy atom. The van der Waals surface area contributed by atoms with Gasteiger partial charge in [0, 0.05) is 0 Å². The van der Waals surface area contributed by atoms with Crippen molar-refractivity contribution in [3.63, 3.8) is 0 Å². The maximum atomic E-state index is 12.1. The highest BCUT2D eigenvalue weighted by Gasteiger charge is 2.39. The molecule has 0 aliphatic heterocycles. The van der Waals surface area contributed by atoms with E-state index in [0.717, 1.165) is 18.2 Å². The van der Waals surface area contributed by atoms with Gasteiger partial charge in [-0.25, -0.2) is 13.6 Å². The molecule has 0 amide bonds. The first-order valence-corrected chi connectivity index (χ1v) is 5.54. The maximum absolute atomic E-state index is 12.1. The molecule has 0 heterocycles. The highest BCUT2D eigenvalue weighted by molar-refractivity contribution is 7.89. The molecule has 0 aromatic heterocycles. The van der Waals surface area contributed by atoms with Crippen molar-refractivity contribution in [1.82, 2.24) is 0 Å². The molecule has 1 rings (SSSR count). The van der Waals surface area contributed by atoms with Gasteiger partial charge in [0.15, 0.2) is 6.10 Å². The first kappa shape index (κ1) is 12.9. The largest absolute Gasteiger partial charge is 0.418 e. The Hall–Kier alpha value is -1.12. The molecule has 8 heteroatoms. The molecule has 0 aliphatic rings. The van der Waals surface area contributed by atoms with Gasteiger partial charge >= 0.3 is 6.18 Å². The van der Waals surface area contributed by atoms with Gasteiger partial charge < -0.3 is 5.11 Å². The van der Waals surface area contributed by atoms with Crippen LogP contribution in [-0.4, -0.2) is 19.7 Å². The second-order valence-corrected chi connectivity index (χ2v) is 4.62. The summed E-state index contributed by atoms with van der Waals surface area (Å²) < 4.78 is 58.1. The molecule has 90 valence electrons. The van der Waals surface area contributed by atoms with Crippen molar-refractivity contribution in [2.24, 2.45) is 5.14 Å². The summed E-state index contributed by atoms with van der Waals surface area (Å²) in [6.07, 6.45) is -7.58. The van der Waals surface area contributed by atoms with E-state index >= 15 is 0 Å². The zero-order valence-corrected chi connectivity index (χ0v) is 8.59. The van der Waals surface area contributed by atoms with E-state index in [1.165, 1.54) is 0 Å². The predicted octanol–water partition coefficient (Wildman–Crippen LogP) is 0.930. The minimum absolute atomic E-state index is 0.478. The van der Waals surface area contributed by atoms with Crippen LogP contribution in [0.15, 0.2) is 29.2 Å². The van der Waals surface area contributed by atoms with Gasteiger partial charge in [0.05, 0.1) is 4.90 Å². The second-order valence-electron chi connectivity index (χ2n) is 3.06. The summed E-state index contributed by atoms with van der Waals surface area (Å²) in [4.78, 5) is -0.478. The van der Waals surface area contributed by atoms with Crippen LogP contribution in [0.25, 0.3) is 0 Å². The van der Waals surface area contributed by atoms with E-state index in [9.17, 15) is 21.6 Å². The number of sulfonamides is 1. The minimum atomic E-state index is -4.85. The first-order chi connectivity index (χ1) is 7.12. The number of aliphatic hydroxyl groups is 1. The van der Waals surface area contributed by atoms with Crippen molar-refractivity contribution in [2.45, 2.75) is 17.2 Å². The molecule has 1 aromatic rings. The van der Waals surface area contributed by atoms with Gasteiger partial charge in [-0.2, -0.15) is 13.2 Å². The topological polar surface area (TPSA) is 80.4 Å². The summed E-state index contributed by atoms with van der Waals surface area (Å²) in [6.45, 7) is 0. The van der Waals surface area contributed by atoms with E-state index < -0.39 is 32.8 Å². The second kappa shape index (κ2) is 4.04. The van der Waals surface area contributed by atoms with E-state index in [0.29, 0.717) is 6.07 Å². The molecular formula is C8H8F3NO3S. The molecule has 1 atom stereocenters. The van der Waals surface area contributed by atoms with Gasteiger partial charge in [0.2, 0.25) is 10.0 Å². The number of benzene rings is 1. The van der Waals surface area contributed by atoms with Crippen LogP contribution in [0, 0.1) is 0 Å². The van der Waals surface area contributed by atoms with Crippen molar-refractivity contribution in [1.29, 1.82) is 0 Å². The summed E-state index contributed by atoms with van der Waals surface area (Å²) in [5, 5.41) is 13.6. The minimum Gasteiger partial charge on any atom is -0.379 e. The van der Waals surface area contributed by atoms with Crippen molar-refractivity contribution in [2.75, 3.05) is 0 Å². The number of nitrogens with two attached hydrogens (primary N) is 1. The molecule has 0 bridgehead atoms. The Bertz CT molecular complexity index is 484. The Balaban J connectivity index is 3.19. The number of alkyl halides is 3. The van der Waals surface area contributed by atoms with Crippen LogP contribution in [0.5, 0.6) is 0 Å². The van der Waals surface area contributed by atoms with Gasteiger partial charge in [-0.05, 0) is 17.7 Å². The number of aliphatic hydroxyl groups excluding tert-OH is 1. The highest BCUT2D eigenvalue weighted by Crippen LogP contribution is 2.32. The Labute approximate surface area is 89.6 Å². The van der Waals surface area contributed by atoms with Gasteiger partial charge in [-0.3, -0.25) is 0 Å². The summed E-state index contributed by atoms with van der Waals surface area (Å²) >= 11 is 0. The quantitative estimate of drug-likeness (QED) is 0.824. The molecular weight excluding hydrogens is 247 g/mol. The average Bonchev–Trinajstić information content (AvgIpc) is 2.14. The van der Waals surface area contributed by atoms with Crippen molar-refractivity contribution < 1.29 is 26.7 Å². The number of hydrogen-bond donors (Lipinski definition) is 2. The summed E-state index contributed by atoms with van der Waals surface area (Å²) in [7, 11) is -4.08. The Morgan fingerprint density at radius 1 is 1.31 bits per heavy atom. The van der Waals surface area contributed by atoms with E-state index in [1.54, 1.807) is 0 Å². The van der Waals surface area contributed by atoms with Crippen LogP contribution in [0.2, 0.25) is 0 Å². The maximum Gasteiger partial charge on any atom is 0.418 e. The van der Waals surface area contributed by atoms with Gasteiger partial charge in [0.1, 0.15) is 0 Å². The monoisotopic (exact) mass is 255 g/mol. The third-order valence-corrected chi connectivity index (χ3v) is 2.72. The fourth-order valence-electron chi connectivity index (χ4n) is 1.05. The predicted molar refractivity (Wildman–Crippen MR) is 48.8 cm³/mol. The van der Waals surface area contributed by atoms with Crippen LogP contribution in [0.4, 0.5) is 13.2 Å². The normalized spacial score (nSPS) is 14.8. The van der Waals surface area contributed by atoms with E-state index in [2.05, 4.69) is 0 Å². The molecule has 0 fully saturated rings. The van der Waals surface area contributed by atoms with E-state index in [1.807, 2.05) is 0 Å². The van der Waals surface area contributed by atoms with E-state index in [-0.39, 0.29) is 0 Å². The number of rotatable bonds is 2. The molecule has 3 N–H and O–H groups in total. The van der Waals surface area contributed by atoms with Gasteiger partial charge in [-0.1, -0.05) is 12.1 Å². The summed E-state index contributed by atoms with van der Waals surface area (Å²) in [6, 6.07) is 3.77. The SMILES string of the molecule is NS(=O)(=O)c1cccc(C(O)C(F)(F)F)c1. The lowest BCUT2D eigenvalue weighted by Gasteiger charge is -2.15. The molecule has 4 nitrogen and oxygen atoms in total. The third-order valence-electron chi connectivity index (χ3n) is 1.81. The van der Waals surface area contributed by atoms with Crippen LogP contribution < -0.4 is 5.14 Å². The van der Waals surface area contributed by atoms with Gasteiger partial charge in [-0.15, -0.1) is 0 Å². The number of hydrogen-bond acceptors (Lipinski definition) is 3. The summed E-state index contributed by atoms with van der Waals surface area (Å²) in [5.74, 6) is 0. The Morgan fingerprint density at radius 3 is 2.31 bits per heavy atom. The number of primary sulfonamides is 1. The highest BCUT2D eigenvalue weighted by atomic mass is 32.2. The molecule has 16 heavy (non-hydrogen) atoms. The fourth-order valence-corrected chi connectivity index (χ4v) is 1.62. The van der Waals surface area contributed by atoms with E-state index in [4.69, 9.17) is 10.2 Å². The molecule has 0 spiro atoms. The first-order valence-electron chi connectivity index (χ1n) is 4.00. The molecule has 0 aliphatic carbocycles. The van der Waals surface area contributed by atoms with Crippen LogP contribution in [0.3, 0.4) is 0 Å². The lowest BCUT2D eigenvalue weighted by molar-refractivity contribution is -0.206. The lowest BCUT2D eigenvalue weighted by atomic mass is 10.1. The third kappa shape index (κ3) is 2.94. The molecule has 1 aromatic carbocycles. The van der Waals surface area contributed by atoms with Crippen LogP contribution in [0.1, 0.15) is 11.7 Å². The average molecular weight is 255 g/mol. The van der Waals surface area contributed by atoms with Crippen molar-refractivity contribution in [3.8, 4) is 0 Å². The van der Waals surface area contributed by atoms with Crippen molar-refractivity contribution in [3.05, 3.63) is 29.8 Å². The molecule has 0 saturated carbocycles. The zero-order valence-electron chi connectivity index (χ0n) is 7.77. The molecule has 0 saturated heterocycles. The fraction of sp³-hybridized carbons (Fsp3) is 0.250.